The van der Waals surface area contributed by atoms with Crippen molar-refractivity contribution in [3.63, 3.8) is 0 Å². The molecule has 0 amide bonds. The van der Waals surface area contributed by atoms with Crippen molar-refractivity contribution in [1.82, 2.24) is 9.66 Å². The van der Waals surface area contributed by atoms with Crippen LogP contribution < -0.4 is 15.0 Å². The second-order valence-electron chi connectivity index (χ2n) is 7.29. The van der Waals surface area contributed by atoms with Crippen molar-refractivity contribution < 1.29 is 19.0 Å². The minimum Gasteiger partial charge on any atom is -0.493 e. The molecule has 0 bridgehead atoms. The van der Waals surface area contributed by atoms with E-state index in [0.29, 0.717) is 26.8 Å². The van der Waals surface area contributed by atoms with E-state index in [0.717, 1.165) is 10.9 Å². The molecular formula is C23H22Br2ClN3O5. The number of carbonyl (C=O) groups is 1. The lowest BCUT2D eigenvalue weighted by Gasteiger charge is -2.15. The normalized spacial score (nSPS) is 12.2. The number of ether oxygens (including phenoxy) is 3. The number of aromatic nitrogens is 2. The van der Waals surface area contributed by atoms with Crippen LogP contribution in [0.2, 0.25) is 5.02 Å². The van der Waals surface area contributed by atoms with Crippen LogP contribution in [0.3, 0.4) is 0 Å². The number of nitrogens with zero attached hydrogens (tertiary/aromatic N) is 3. The lowest BCUT2D eigenvalue weighted by atomic mass is 10.1. The molecule has 0 saturated carbocycles. The number of esters is 1. The number of carbonyl (C=O) groups excluding carboxylic acids is 1. The fraction of sp³-hybridized carbons (Fsp3) is 0.304. The van der Waals surface area contributed by atoms with Gasteiger partial charge in [-0.1, -0.05) is 41.4 Å². The molecule has 3 aromatic rings. The minimum atomic E-state index is -0.563. The van der Waals surface area contributed by atoms with Crippen LogP contribution in [0, 0.1) is 0 Å². The summed E-state index contributed by atoms with van der Waals surface area (Å²) in [6, 6.07) is 7.00. The van der Waals surface area contributed by atoms with Crippen LogP contribution in [0.1, 0.15) is 37.6 Å². The lowest BCUT2D eigenvalue weighted by Crippen LogP contribution is -2.23. The third-order valence-electron chi connectivity index (χ3n) is 5.14. The standard InChI is InChI=1S/C23H22Br2ClN3O5/c1-5-12(2)22-28-16-7-6-14(24)9-15(16)23(31)29(22)27-10-13-8-17(32-3)21(20(26)19(13)25)34-11-18(30)33-4/h6-10,12H,5,11H2,1-4H3/t12-/m0/s1. The average molecular weight is 616 g/mol. The topological polar surface area (TPSA) is 92.0 Å². The van der Waals surface area contributed by atoms with E-state index in [9.17, 15) is 9.59 Å². The second kappa shape index (κ2) is 11.3. The van der Waals surface area contributed by atoms with Gasteiger partial charge in [0.05, 0.1) is 31.3 Å². The number of rotatable bonds is 8. The van der Waals surface area contributed by atoms with Gasteiger partial charge in [0.2, 0.25) is 0 Å². The van der Waals surface area contributed by atoms with Gasteiger partial charge in [-0.25, -0.2) is 9.78 Å². The van der Waals surface area contributed by atoms with Crippen LogP contribution in [-0.2, 0) is 9.53 Å². The largest absolute Gasteiger partial charge is 0.493 e. The zero-order chi connectivity index (χ0) is 25.0. The molecule has 180 valence electrons. The fourth-order valence-corrected chi connectivity index (χ4v) is 4.09. The van der Waals surface area contributed by atoms with Crippen molar-refractivity contribution in [3.05, 3.63) is 60.0 Å². The zero-order valence-corrected chi connectivity index (χ0v) is 22.8. The monoisotopic (exact) mass is 613 g/mol. The molecule has 3 rings (SSSR count). The highest BCUT2D eigenvalue weighted by atomic mass is 79.9. The molecule has 0 unspecified atom stereocenters. The number of hydrogen-bond donors (Lipinski definition) is 0. The van der Waals surface area contributed by atoms with Gasteiger partial charge in [-0.3, -0.25) is 4.79 Å². The molecule has 1 heterocycles. The third kappa shape index (κ3) is 5.45. The fourth-order valence-electron chi connectivity index (χ4n) is 3.07. The average Bonchev–Trinajstić information content (AvgIpc) is 2.84. The summed E-state index contributed by atoms with van der Waals surface area (Å²) >= 11 is 13.3. The van der Waals surface area contributed by atoms with Crippen LogP contribution in [0.5, 0.6) is 11.5 Å². The highest BCUT2D eigenvalue weighted by Gasteiger charge is 2.19. The smallest absolute Gasteiger partial charge is 0.343 e. The molecule has 0 aliphatic carbocycles. The predicted octanol–water partition coefficient (Wildman–Crippen LogP) is 5.53. The summed E-state index contributed by atoms with van der Waals surface area (Å²) in [4.78, 5) is 29.5. The molecule has 0 fully saturated rings. The molecule has 34 heavy (non-hydrogen) atoms. The van der Waals surface area contributed by atoms with Gasteiger partial charge in [0, 0.05) is 20.4 Å². The highest BCUT2D eigenvalue weighted by molar-refractivity contribution is 9.10. The van der Waals surface area contributed by atoms with Crippen molar-refractivity contribution in [2.45, 2.75) is 26.2 Å². The van der Waals surface area contributed by atoms with Gasteiger partial charge in [-0.15, -0.1) is 0 Å². The summed E-state index contributed by atoms with van der Waals surface area (Å²) in [6.07, 6.45) is 2.26. The first-order valence-corrected chi connectivity index (χ1v) is 12.2. The number of benzene rings is 2. The molecular weight excluding hydrogens is 594 g/mol. The van der Waals surface area contributed by atoms with Crippen LogP contribution in [-0.4, -0.2) is 42.7 Å². The van der Waals surface area contributed by atoms with Gasteiger partial charge >= 0.3 is 5.97 Å². The summed E-state index contributed by atoms with van der Waals surface area (Å²) in [6.45, 7) is 3.67. The highest BCUT2D eigenvalue weighted by Crippen LogP contribution is 2.42. The maximum absolute atomic E-state index is 13.3. The summed E-state index contributed by atoms with van der Waals surface area (Å²) < 4.78 is 18.0. The van der Waals surface area contributed by atoms with Gasteiger partial charge in [0.15, 0.2) is 18.1 Å². The van der Waals surface area contributed by atoms with Gasteiger partial charge in [0.25, 0.3) is 5.56 Å². The predicted molar refractivity (Wildman–Crippen MR) is 139 cm³/mol. The van der Waals surface area contributed by atoms with Crippen molar-refractivity contribution in [2.24, 2.45) is 5.10 Å². The molecule has 0 spiro atoms. The first kappa shape index (κ1) is 26.2. The quantitative estimate of drug-likeness (QED) is 0.245. The van der Waals surface area contributed by atoms with Gasteiger partial charge in [-0.05, 0) is 46.6 Å². The SMILES string of the molecule is CC[C@H](C)c1nc2ccc(Br)cc2c(=O)n1N=Cc1cc(OC)c(OCC(=O)OC)c(Cl)c1Br. The molecule has 0 aliphatic heterocycles. The van der Waals surface area contributed by atoms with Gasteiger partial charge < -0.3 is 14.2 Å². The molecule has 0 N–H and O–H groups in total. The molecule has 1 atom stereocenters. The Bertz CT molecular complexity index is 1330. The molecule has 8 nitrogen and oxygen atoms in total. The first-order chi connectivity index (χ1) is 16.2. The number of halogens is 3. The van der Waals surface area contributed by atoms with Crippen molar-refractivity contribution >= 4 is 66.5 Å². The number of hydrogen-bond acceptors (Lipinski definition) is 7. The summed E-state index contributed by atoms with van der Waals surface area (Å²) in [5.74, 6) is 0.438. The second-order valence-corrected chi connectivity index (χ2v) is 9.38. The molecule has 0 radical (unpaired) electrons. The van der Waals surface area contributed by atoms with E-state index in [4.69, 9.17) is 26.1 Å². The third-order valence-corrected chi connectivity index (χ3v) is 7.07. The zero-order valence-electron chi connectivity index (χ0n) is 18.9. The van der Waals surface area contributed by atoms with E-state index in [1.807, 2.05) is 19.9 Å². The molecule has 1 aromatic heterocycles. The Morgan fingerprint density at radius 2 is 2.03 bits per heavy atom. The van der Waals surface area contributed by atoms with Gasteiger partial charge in [-0.2, -0.15) is 9.78 Å². The van der Waals surface area contributed by atoms with Crippen LogP contribution in [0.4, 0.5) is 0 Å². The molecule has 0 saturated heterocycles. The molecule has 0 aliphatic rings. The summed E-state index contributed by atoms with van der Waals surface area (Å²) in [7, 11) is 2.71. The summed E-state index contributed by atoms with van der Waals surface area (Å²) in [5.41, 5.74) is 0.849. The van der Waals surface area contributed by atoms with E-state index in [1.165, 1.54) is 25.1 Å². The van der Waals surface area contributed by atoms with Gasteiger partial charge in [0.1, 0.15) is 10.8 Å². The van der Waals surface area contributed by atoms with E-state index >= 15 is 0 Å². The van der Waals surface area contributed by atoms with Crippen molar-refractivity contribution in [2.75, 3.05) is 20.8 Å². The summed E-state index contributed by atoms with van der Waals surface area (Å²) in [5, 5.41) is 5.09. The number of methoxy groups -OCH3 is 2. The van der Waals surface area contributed by atoms with E-state index in [1.54, 1.807) is 18.2 Å². The minimum absolute atomic E-state index is 0.00596. The molecule has 2 aromatic carbocycles. The maximum Gasteiger partial charge on any atom is 0.343 e. The van der Waals surface area contributed by atoms with Crippen LogP contribution in [0.15, 0.2) is 43.1 Å². The van der Waals surface area contributed by atoms with E-state index in [2.05, 4.69) is 41.7 Å². The Morgan fingerprint density at radius 1 is 1.29 bits per heavy atom. The maximum atomic E-state index is 13.3. The van der Waals surface area contributed by atoms with E-state index < -0.39 is 5.97 Å². The lowest BCUT2D eigenvalue weighted by molar-refractivity contribution is -0.142. The Labute approximate surface area is 218 Å². The van der Waals surface area contributed by atoms with E-state index in [-0.39, 0.29) is 34.6 Å². The molecule has 11 heteroatoms. The van der Waals surface area contributed by atoms with Crippen LogP contribution in [0.25, 0.3) is 10.9 Å². The first-order valence-electron chi connectivity index (χ1n) is 10.2. The Balaban J connectivity index is 2.12. The number of fused-ring (bicyclic) bond motifs is 1. The Morgan fingerprint density at radius 3 is 2.68 bits per heavy atom. The van der Waals surface area contributed by atoms with Crippen molar-refractivity contribution in [1.29, 1.82) is 0 Å². The van der Waals surface area contributed by atoms with Crippen molar-refractivity contribution in [3.8, 4) is 11.5 Å². The van der Waals surface area contributed by atoms with Crippen LogP contribution >= 0.6 is 43.5 Å². The Hall–Kier alpha value is -2.43. The Kier molecular flexibility index (Phi) is 8.72.